The van der Waals surface area contributed by atoms with Crippen LogP contribution in [-0.2, 0) is 4.79 Å². The highest BCUT2D eigenvalue weighted by Crippen LogP contribution is 2.31. The molecule has 0 spiro atoms. The van der Waals surface area contributed by atoms with E-state index in [2.05, 4.69) is 34.1 Å². The first-order valence-electron chi connectivity index (χ1n) is 13.6. The number of nitrogens with zero attached hydrogens (tertiary/aromatic N) is 5. The highest BCUT2D eigenvalue weighted by Gasteiger charge is 2.31. The van der Waals surface area contributed by atoms with E-state index in [-0.39, 0.29) is 23.1 Å². The fourth-order valence-corrected chi connectivity index (χ4v) is 5.44. The molecule has 14 heteroatoms. The van der Waals surface area contributed by atoms with Crippen molar-refractivity contribution in [3.8, 4) is 11.4 Å². The highest BCUT2D eigenvalue weighted by molar-refractivity contribution is 8.15. The van der Waals surface area contributed by atoms with Crippen molar-refractivity contribution in [1.29, 1.82) is 0 Å². The highest BCUT2D eigenvalue weighted by atomic mass is 35.5. The lowest BCUT2D eigenvalue weighted by molar-refractivity contribution is -0.274. The molecular weight excluding hydrogens is 629 g/mol. The lowest BCUT2D eigenvalue weighted by Gasteiger charge is -2.12. The second-order valence-corrected chi connectivity index (χ2v) is 11.5. The number of aryl methyl sites for hydroxylation is 1. The number of aliphatic imine (C=N–C) groups is 1. The number of thioether (sulfide) groups is 1. The number of amidine groups is 1. The first kappa shape index (κ1) is 31.8. The lowest BCUT2D eigenvalue weighted by Crippen LogP contribution is -2.23. The minimum Gasteiger partial charge on any atom is -0.406 e. The zero-order chi connectivity index (χ0) is 32.3. The summed E-state index contributed by atoms with van der Waals surface area (Å²) in [7, 11) is 0. The number of benzene rings is 3. The van der Waals surface area contributed by atoms with E-state index >= 15 is 0 Å². The van der Waals surface area contributed by atoms with Crippen LogP contribution in [0.4, 0.5) is 24.5 Å². The van der Waals surface area contributed by atoms with Gasteiger partial charge in [0.15, 0.2) is 5.17 Å². The number of anilines is 1. The monoisotopic (exact) mass is 654 g/mol. The van der Waals surface area contributed by atoms with Gasteiger partial charge in [-0.1, -0.05) is 61.5 Å². The number of ether oxygens (including phenoxy) is 1. The van der Waals surface area contributed by atoms with E-state index in [0.717, 1.165) is 23.4 Å². The van der Waals surface area contributed by atoms with Crippen LogP contribution in [0.15, 0.2) is 83.0 Å². The molecule has 5 rings (SSSR count). The van der Waals surface area contributed by atoms with E-state index in [1.165, 1.54) is 39.8 Å². The molecule has 45 heavy (non-hydrogen) atoms. The van der Waals surface area contributed by atoms with Crippen molar-refractivity contribution in [3.63, 3.8) is 0 Å². The minimum atomic E-state index is -4.83. The maximum Gasteiger partial charge on any atom is 0.573 e. The predicted molar refractivity (Wildman–Crippen MR) is 169 cm³/mol. The Kier molecular flexibility index (Phi) is 9.30. The van der Waals surface area contributed by atoms with Crippen molar-refractivity contribution < 1.29 is 27.5 Å². The molecule has 0 saturated carbocycles. The van der Waals surface area contributed by atoms with Gasteiger partial charge in [0.25, 0.3) is 11.8 Å². The molecule has 1 saturated heterocycles. The van der Waals surface area contributed by atoms with E-state index in [4.69, 9.17) is 16.6 Å². The first-order valence-corrected chi connectivity index (χ1v) is 14.9. The Balaban J connectivity index is 1.29. The number of halogens is 4. The fourth-order valence-electron chi connectivity index (χ4n) is 4.35. The second kappa shape index (κ2) is 13.2. The number of hydrogen-bond donors (Lipinski definition) is 1. The fraction of sp³-hybridized carbons (Fsp3) is 0.194. The summed E-state index contributed by atoms with van der Waals surface area (Å²) in [4.78, 5) is 30.0. The molecule has 9 nitrogen and oxygen atoms in total. The second-order valence-electron chi connectivity index (χ2n) is 10.2. The Morgan fingerprint density at radius 2 is 1.87 bits per heavy atom. The third kappa shape index (κ3) is 7.73. The van der Waals surface area contributed by atoms with Crippen LogP contribution in [0.2, 0.25) is 5.02 Å². The topological polar surface area (TPSA) is 101 Å². The number of para-hydroxylation sites is 1. The Morgan fingerprint density at radius 3 is 2.56 bits per heavy atom. The predicted octanol–water partition coefficient (Wildman–Crippen LogP) is 7.71. The molecule has 2 amide bonds. The number of nitrogens with one attached hydrogen (secondary N) is 1. The summed E-state index contributed by atoms with van der Waals surface area (Å²) >= 11 is 7.90. The van der Waals surface area contributed by atoms with Crippen LogP contribution in [0.1, 0.15) is 46.9 Å². The summed E-state index contributed by atoms with van der Waals surface area (Å²) in [6.45, 7) is 5.85. The van der Waals surface area contributed by atoms with Gasteiger partial charge in [-0.25, -0.2) is 9.67 Å². The minimum absolute atomic E-state index is 0.130. The van der Waals surface area contributed by atoms with Crippen LogP contribution >= 0.6 is 23.4 Å². The molecular formula is C31H26ClF3N6O3S. The molecule has 1 aliphatic rings. The number of carbonyl (C=O) groups is 2. The maximum atomic E-state index is 12.7. The van der Waals surface area contributed by atoms with Gasteiger partial charge < -0.3 is 10.1 Å². The van der Waals surface area contributed by atoms with Gasteiger partial charge in [-0.05, 0) is 66.4 Å². The largest absolute Gasteiger partial charge is 0.573 e. The molecule has 0 aliphatic carbocycles. The van der Waals surface area contributed by atoms with Crippen molar-refractivity contribution in [3.05, 3.63) is 100 Å². The molecule has 2 heterocycles. The molecule has 1 N–H and O–H groups in total. The van der Waals surface area contributed by atoms with Crippen molar-refractivity contribution in [1.82, 2.24) is 14.8 Å². The number of amides is 2. The normalized spacial score (nSPS) is 14.6. The van der Waals surface area contributed by atoms with Crippen LogP contribution < -0.4 is 10.1 Å². The van der Waals surface area contributed by atoms with Gasteiger partial charge in [-0.15, -0.1) is 13.2 Å². The third-order valence-corrected chi connectivity index (χ3v) is 7.77. The van der Waals surface area contributed by atoms with Crippen LogP contribution in [0.3, 0.4) is 0 Å². The molecule has 232 valence electrons. The molecule has 0 bridgehead atoms. The number of hydrogen-bond acceptors (Lipinski definition) is 7. The zero-order valence-electron chi connectivity index (χ0n) is 24.2. The first-order chi connectivity index (χ1) is 21.4. The number of rotatable bonds is 8. The molecule has 0 radical (unpaired) electrons. The van der Waals surface area contributed by atoms with Gasteiger partial charge in [0.05, 0.1) is 45.9 Å². The van der Waals surface area contributed by atoms with Gasteiger partial charge in [0, 0.05) is 5.56 Å². The molecule has 3 aromatic carbocycles. The van der Waals surface area contributed by atoms with Crippen LogP contribution in [0.25, 0.3) is 5.69 Å². The third-order valence-electron chi connectivity index (χ3n) is 6.56. The van der Waals surface area contributed by atoms with Crippen LogP contribution in [-0.4, -0.2) is 50.1 Å². The quantitative estimate of drug-likeness (QED) is 0.196. The van der Waals surface area contributed by atoms with Gasteiger partial charge in [-0.2, -0.15) is 15.2 Å². The zero-order valence-corrected chi connectivity index (χ0v) is 25.7. The van der Waals surface area contributed by atoms with Gasteiger partial charge >= 0.3 is 6.36 Å². The summed E-state index contributed by atoms with van der Waals surface area (Å²) in [6, 6.07) is 17.5. The molecule has 0 unspecified atom stereocenters. The molecule has 4 aromatic rings. The maximum absolute atomic E-state index is 12.7. The summed E-state index contributed by atoms with van der Waals surface area (Å²) < 4.78 is 42.6. The standard InChI is InChI=1S/C31H26ClF3N6O3S/c1-18(2)23-6-4-5-7-25(23)38-30-41(28(42)17-45-30)36-15-20-8-13-27(24(32)14-20)40-16-26(19(3)39-40)37-29(43)21-9-11-22(12-10-21)44-31(33,34)35/h4-16,18H,17H2,1-3H3,(H,37,43)/b36-15?,38-30-. The van der Waals surface area contributed by atoms with Crippen molar-refractivity contribution >= 4 is 57.9 Å². The Bertz CT molecular complexity index is 1810. The van der Waals surface area contributed by atoms with Crippen molar-refractivity contribution in [2.45, 2.75) is 33.1 Å². The number of hydrazone groups is 1. The summed E-state index contributed by atoms with van der Waals surface area (Å²) in [5.74, 6) is -0.669. The van der Waals surface area contributed by atoms with E-state index < -0.39 is 18.0 Å². The van der Waals surface area contributed by atoms with Gasteiger partial charge in [0.2, 0.25) is 0 Å². The Labute approximate surface area is 265 Å². The van der Waals surface area contributed by atoms with Crippen LogP contribution in [0.5, 0.6) is 5.75 Å². The summed E-state index contributed by atoms with van der Waals surface area (Å²) in [5, 5.41) is 13.6. The Morgan fingerprint density at radius 1 is 1.13 bits per heavy atom. The van der Waals surface area contributed by atoms with Gasteiger partial charge in [-0.3, -0.25) is 9.59 Å². The Hall–Kier alpha value is -4.62. The van der Waals surface area contributed by atoms with E-state index in [0.29, 0.717) is 32.8 Å². The average molecular weight is 655 g/mol. The number of carbonyl (C=O) groups excluding carboxylic acids is 2. The average Bonchev–Trinajstić information content (AvgIpc) is 3.52. The molecule has 1 aliphatic heterocycles. The molecule has 1 fully saturated rings. The van der Waals surface area contributed by atoms with Crippen molar-refractivity contribution in [2.24, 2.45) is 10.1 Å². The molecule has 1 aromatic heterocycles. The number of alkyl halides is 3. The van der Waals surface area contributed by atoms with E-state index in [9.17, 15) is 22.8 Å². The summed E-state index contributed by atoms with van der Waals surface area (Å²) in [6.07, 6.45) is -1.73. The SMILES string of the molecule is Cc1nn(-c2ccc(C=NN3C(=O)CS/C3=N\c3ccccc3C(C)C)cc2Cl)cc1NC(=O)c1ccc(OC(F)(F)F)cc1. The molecule has 0 atom stereocenters. The van der Waals surface area contributed by atoms with E-state index in [1.807, 2.05) is 24.3 Å². The smallest absolute Gasteiger partial charge is 0.406 e. The number of aromatic nitrogens is 2. The van der Waals surface area contributed by atoms with E-state index in [1.54, 1.807) is 31.3 Å². The lowest BCUT2D eigenvalue weighted by atomic mass is 10.0. The van der Waals surface area contributed by atoms with Gasteiger partial charge in [0.1, 0.15) is 5.75 Å². The van der Waals surface area contributed by atoms with Crippen LogP contribution in [0, 0.1) is 6.92 Å². The van der Waals surface area contributed by atoms with Crippen molar-refractivity contribution in [2.75, 3.05) is 11.1 Å². The summed E-state index contributed by atoms with van der Waals surface area (Å²) in [5.41, 5.74) is 4.01.